The van der Waals surface area contributed by atoms with Gasteiger partial charge in [-0.2, -0.15) is 0 Å². The molecule has 0 N–H and O–H groups in total. The molecule has 2 aromatic rings. The number of carbonyl (C=O) groups excluding carboxylic acids is 1. The van der Waals surface area contributed by atoms with Gasteiger partial charge in [-0.3, -0.25) is 4.79 Å². The second-order valence-electron chi connectivity index (χ2n) is 5.38. The molecule has 3 heterocycles. The maximum Gasteiger partial charge on any atom is 0.257 e. The zero-order valence-electron chi connectivity index (χ0n) is 12.9. The molecule has 0 aliphatic carbocycles. The second kappa shape index (κ2) is 6.31. The zero-order valence-corrected chi connectivity index (χ0v) is 12.9. The first-order valence-corrected chi connectivity index (χ1v) is 7.52. The Balaban J connectivity index is 1.77. The average molecular weight is 304 g/mol. The highest BCUT2D eigenvalue weighted by molar-refractivity contribution is 5.94. The minimum absolute atomic E-state index is 0.00804. The molecule has 118 valence electrons. The van der Waals surface area contributed by atoms with Gasteiger partial charge in [0.15, 0.2) is 5.82 Å². The van der Waals surface area contributed by atoms with Gasteiger partial charge in [0, 0.05) is 32.2 Å². The Morgan fingerprint density at radius 3 is 3.05 bits per heavy atom. The predicted molar refractivity (Wildman–Crippen MR) is 78.3 cm³/mol. The van der Waals surface area contributed by atoms with Crippen LogP contribution in [0, 0.1) is 0 Å². The van der Waals surface area contributed by atoms with Gasteiger partial charge in [-0.15, -0.1) is 10.2 Å². The van der Waals surface area contributed by atoms with E-state index < -0.39 is 0 Å². The van der Waals surface area contributed by atoms with Crippen LogP contribution in [0.1, 0.15) is 35.9 Å². The van der Waals surface area contributed by atoms with E-state index in [1.54, 1.807) is 6.07 Å². The maximum atomic E-state index is 12.5. The third-order valence-electron chi connectivity index (χ3n) is 3.94. The second-order valence-corrected chi connectivity index (χ2v) is 5.38. The van der Waals surface area contributed by atoms with Crippen LogP contribution in [0.15, 0.2) is 23.0 Å². The summed E-state index contributed by atoms with van der Waals surface area (Å²) in [5.41, 5.74) is 0.582. The van der Waals surface area contributed by atoms with E-state index >= 15 is 0 Å². The highest BCUT2D eigenvalue weighted by atomic mass is 16.5. The summed E-state index contributed by atoms with van der Waals surface area (Å²) in [6.45, 7) is 6.38. The fourth-order valence-corrected chi connectivity index (χ4v) is 2.74. The van der Waals surface area contributed by atoms with Gasteiger partial charge in [0.2, 0.25) is 0 Å². The summed E-state index contributed by atoms with van der Waals surface area (Å²) in [4.78, 5) is 14.4. The summed E-state index contributed by atoms with van der Waals surface area (Å²) in [5.74, 6) is 1.72. The van der Waals surface area contributed by atoms with Crippen LogP contribution >= 0.6 is 0 Å². The van der Waals surface area contributed by atoms with Crippen LogP contribution in [-0.2, 0) is 24.3 Å². The van der Waals surface area contributed by atoms with Gasteiger partial charge in [0.05, 0.1) is 11.8 Å². The van der Waals surface area contributed by atoms with Gasteiger partial charge in [-0.25, -0.2) is 0 Å². The number of hydrogen-bond donors (Lipinski definition) is 0. The van der Waals surface area contributed by atoms with Gasteiger partial charge < -0.3 is 18.6 Å². The number of ether oxygens (including phenoxy) is 1. The van der Waals surface area contributed by atoms with Crippen molar-refractivity contribution in [2.45, 2.75) is 39.5 Å². The fraction of sp³-hybridized carbons (Fsp3) is 0.533. The number of hydrogen-bond acceptors (Lipinski definition) is 5. The van der Waals surface area contributed by atoms with Crippen molar-refractivity contribution >= 4 is 5.91 Å². The van der Waals surface area contributed by atoms with Crippen molar-refractivity contribution in [1.82, 2.24) is 19.7 Å². The van der Waals surface area contributed by atoms with E-state index in [0.717, 1.165) is 11.6 Å². The predicted octanol–water partition coefficient (Wildman–Crippen LogP) is 1.49. The van der Waals surface area contributed by atoms with E-state index in [2.05, 4.69) is 14.8 Å². The van der Waals surface area contributed by atoms with Gasteiger partial charge >= 0.3 is 0 Å². The molecule has 0 saturated carbocycles. The van der Waals surface area contributed by atoms with E-state index in [0.29, 0.717) is 38.3 Å². The number of rotatable bonds is 4. The van der Waals surface area contributed by atoms with Crippen LogP contribution in [0.25, 0.3) is 0 Å². The van der Waals surface area contributed by atoms with Crippen LogP contribution in [0.3, 0.4) is 0 Å². The van der Waals surface area contributed by atoms with E-state index in [1.807, 2.05) is 18.7 Å². The molecule has 1 aliphatic heterocycles. The lowest BCUT2D eigenvalue weighted by molar-refractivity contribution is 0.0693. The molecule has 0 aromatic carbocycles. The quantitative estimate of drug-likeness (QED) is 0.855. The molecule has 3 rings (SSSR count). The summed E-state index contributed by atoms with van der Waals surface area (Å²) in [6, 6.07) is 1.76. The smallest absolute Gasteiger partial charge is 0.257 e. The molecular formula is C15H20N4O3. The molecule has 2 aromatic heterocycles. The molecule has 1 aliphatic rings. The van der Waals surface area contributed by atoms with Crippen molar-refractivity contribution in [2.75, 3.05) is 13.2 Å². The van der Waals surface area contributed by atoms with Crippen LogP contribution in [-0.4, -0.2) is 44.8 Å². The Labute approximate surface area is 128 Å². The average Bonchev–Trinajstić information content (AvgIpc) is 3.13. The minimum atomic E-state index is -0.00804. The zero-order chi connectivity index (χ0) is 15.5. The van der Waals surface area contributed by atoms with Crippen molar-refractivity contribution in [3.05, 3.63) is 35.8 Å². The largest absolute Gasteiger partial charge is 0.472 e. The number of carbonyl (C=O) groups is 1. The third-order valence-corrected chi connectivity index (χ3v) is 3.94. The van der Waals surface area contributed by atoms with Gasteiger partial charge in [0.25, 0.3) is 5.91 Å². The van der Waals surface area contributed by atoms with Crippen molar-refractivity contribution in [3.8, 4) is 0 Å². The number of furan rings is 1. The lowest BCUT2D eigenvalue weighted by atomic mass is 10.1. The molecule has 0 fully saturated rings. The summed E-state index contributed by atoms with van der Waals surface area (Å²) >= 11 is 0. The molecular weight excluding hydrogens is 284 g/mol. The van der Waals surface area contributed by atoms with Crippen molar-refractivity contribution in [2.24, 2.45) is 0 Å². The molecule has 0 bridgehead atoms. The SMILES string of the molecule is CCOCc1nnc2n1CCN(C(=O)c1ccoc1)[C@H](C)C2. The Morgan fingerprint density at radius 2 is 2.32 bits per heavy atom. The Bertz CT molecular complexity index is 635. The fourth-order valence-electron chi connectivity index (χ4n) is 2.74. The summed E-state index contributed by atoms with van der Waals surface area (Å²) in [6.07, 6.45) is 3.69. The van der Waals surface area contributed by atoms with E-state index in [4.69, 9.17) is 9.15 Å². The molecule has 0 saturated heterocycles. The first kappa shape index (κ1) is 14.8. The molecule has 22 heavy (non-hydrogen) atoms. The molecule has 1 atom stereocenters. The van der Waals surface area contributed by atoms with Crippen molar-refractivity contribution < 1.29 is 13.9 Å². The Morgan fingerprint density at radius 1 is 1.45 bits per heavy atom. The first-order chi connectivity index (χ1) is 10.7. The van der Waals surface area contributed by atoms with Crippen molar-refractivity contribution in [3.63, 3.8) is 0 Å². The van der Waals surface area contributed by atoms with E-state index in [1.165, 1.54) is 12.5 Å². The lowest BCUT2D eigenvalue weighted by Gasteiger charge is -2.26. The van der Waals surface area contributed by atoms with E-state index in [-0.39, 0.29) is 11.9 Å². The minimum Gasteiger partial charge on any atom is -0.472 e. The van der Waals surface area contributed by atoms with Crippen molar-refractivity contribution in [1.29, 1.82) is 0 Å². The highest BCUT2D eigenvalue weighted by Gasteiger charge is 2.28. The molecule has 0 radical (unpaired) electrons. The van der Waals surface area contributed by atoms with Crippen LogP contribution in [0.4, 0.5) is 0 Å². The summed E-state index contributed by atoms with van der Waals surface area (Å²) in [5, 5.41) is 8.45. The molecule has 7 heteroatoms. The monoisotopic (exact) mass is 304 g/mol. The van der Waals surface area contributed by atoms with Crippen LogP contribution in [0.5, 0.6) is 0 Å². The van der Waals surface area contributed by atoms with Gasteiger partial charge in [-0.1, -0.05) is 0 Å². The van der Waals surface area contributed by atoms with Crippen LogP contribution in [0.2, 0.25) is 0 Å². The van der Waals surface area contributed by atoms with E-state index in [9.17, 15) is 4.79 Å². The van der Waals surface area contributed by atoms with Crippen LogP contribution < -0.4 is 0 Å². The third kappa shape index (κ3) is 2.76. The number of amides is 1. The topological polar surface area (TPSA) is 73.4 Å². The number of nitrogens with zero attached hydrogens (tertiary/aromatic N) is 4. The molecule has 0 unspecified atom stereocenters. The van der Waals surface area contributed by atoms with Gasteiger partial charge in [0.1, 0.15) is 18.7 Å². The first-order valence-electron chi connectivity index (χ1n) is 7.52. The molecule has 1 amide bonds. The summed E-state index contributed by atoms with van der Waals surface area (Å²) < 4.78 is 12.5. The molecule has 0 spiro atoms. The molecule has 7 nitrogen and oxygen atoms in total. The Hall–Kier alpha value is -2.15. The van der Waals surface area contributed by atoms with Gasteiger partial charge in [-0.05, 0) is 19.9 Å². The highest BCUT2D eigenvalue weighted by Crippen LogP contribution is 2.18. The summed E-state index contributed by atoms with van der Waals surface area (Å²) in [7, 11) is 0. The lowest BCUT2D eigenvalue weighted by Crippen LogP contribution is -2.40. The maximum absolute atomic E-state index is 12.5. The Kier molecular flexibility index (Phi) is 4.24. The number of fused-ring (bicyclic) bond motifs is 1. The normalized spacial score (nSPS) is 18.1. The number of aromatic nitrogens is 3. The standard InChI is InChI=1S/C15H20N4O3/c1-3-21-10-14-17-16-13-8-11(2)18(5-6-19(13)14)15(20)12-4-7-22-9-12/h4,7,9,11H,3,5-6,8,10H2,1-2H3/t11-/m1/s1.